The van der Waals surface area contributed by atoms with Gasteiger partial charge in [0.15, 0.2) is 0 Å². The molecule has 3 aliphatic carbocycles. The first kappa shape index (κ1) is 27.4. The lowest BCUT2D eigenvalue weighted by Crippen LogP contribution is -2.23. The normalized spacial score (nSPS) is 18.5. The molecule has 0 saturated carbocycles. The van der Waals surface area contributed by atoms with Crippen LogP contribution in [0.15, 0.2) is 110 Å². The zero-order valence-corrected chi connectivity index (χ0v) is 26.6. The number of hydrogen-bond donors (Lipinski definition) is 0. The van der Waals surface area contributed by atoms with E-state index in [-0.39, 0.29) is 10.8 Å². The molecule has 0 N–H and O–H groups in total. The van der Waals surface area contributed by atoms with Gasteiger partial charge < -0.3 is 0 Å². The van der Waals surface area contributed by atoms with Crippen LogP contribution in [0.2, 0.25) is 0 Å². The van der Waals surface area contributed by atoms with E-state index in [0.29, 0.717) is 5.92 Å². The van der Waals surface area contributed by atoms with Gasteiger partial charge in [-0.3, -0.25) is 0 Å². The highest BCUT2D eigenvalue weighted by Crippen LogP contribution is 2.54. The summed E-state index contributed by atoms with van der Waals surface area (Å²) in [4.78, 5) is 0. The quantitative estimate of drug-likeness (QED) is 0.202. The van der Waals surface area contributed by atoms with Crippen molar-refractivity contribution in [3.8, 4) is 33.4 Å². The lowest BCUT2D eigenvalue weighted by molar-refractivity contribution is 0.341. The third kappa shape index (κ3) is 3.83. The van der Waals surface area contributed by atoms with Crippen molar-refractivity contribution in [2.75, 3.05) is 0 Å². The Morgan fingerprint density at radius 1 is 0.614 bits per heavy atom. The van der Waals surface area contributed by atoms with E-state index in [1.54, 1.807) is 0 Å². The van der Waals surface area contributed by atoms with Gasteiger partial charge in [-0.2, -0.15) is 0 Å². The molecule has 44 heavy (non-hydrogen) atoms. The minimum absolute atomic E-state index is 0.00508. The Balaban J connectivity index is 1.30. The molecule has 1 unspecified atom stereocenters. The highest BCUT2D eigenvalue weighted by atomic mass is 14.4. The fourth-order valence-electron chi connectivity index (χ4n) is 8.99. The first-order chi connectivity index (χ1) is 21.4. The molecule has 5 aromatic rings. The average molecular weight is 571 g/mol. The SMILES string of the molecule is C=C1c2ccc(C3Cc4cc5c(cc4-c4ccccc43)-c3ccccc3C5(C)C)cc2-c2ccccc2CCC1(CC)CC. The zero-order chi connectivity index (χ0) is 30.2. The molecule has 0 amide bonds. The molecule has 0 aliphatic heterocycles. The Labute approximate surface area is 263 Å². The average Bonchev–Trinajstić information content (AvgIpc) is 3.29. The van der Waals surface area contributed by atoms with E-state index < -0.39 is 0 Å². The zero-order valence-electron chi connectivity index (χ0n) is 26.6. The Bertz CT molecular complexity index is 1960. The summed E-state index contributed by atoms with van der Waals surface area (Å²) in [6.07, 6.45) is 5.53. The minimum atomic E-state index is 0.00508. The predicted octanol–water partition coefficient (Wildman–Crippen LogP) is 11.8. The summed E-state index contributed by atoms with van der Waals surface area (Å²) in [5.41, 5.74) is 19.9. The van der Waals surface area contributed by atoms with Crippen molar-refractivity contribution in [2.45, 2.75) is 71.1 Å². The van der Waals surface area contributed by atoms with Crippen LogP contribution in [0.1, 0.15) is 91.8 Å². The number of fused-ring (bicyclic) bond motifs is 9. The molecule has 0 nitrogen and oxygen atoms in total. The van der Waals surface area contributed by atoms with E-state index in [0.717, 1.165) is 32.1 Å². The molecule has 0 saturated heterocycles. The number of rotatable bonds is 3. The van der Waals surface area contributed by atoms with Crippen LogP contribution in [0.25, 0.3) is 39.0 Å². The van der Waals surface area contributed by atoms with E-state index in [4.69, 9.17) is 6.58 Å². The molecule has 0 aromatic heterocycles. The van der Waals surface area contributed by atoms with E-state index in [9.17, 15) is 0 Å². The van der Waals surface area contributed by atoms with Crippen molar-refractivity contribution in [1.82, 2.24) is 0 Å². The van der Waals surface area contributed by atoms with Gasteiger partial charge in [0.2, 0.25) is 0 Å². The van der Waals surface area contributed by atoms with E-state index >= 15 is 0 Å². The molecule has 0 fully saturated rings. The molecule has 8 rings (SSSR count). The van der Waals surface area contributed by atoms with Crippen LogP contribution in [-0.4, -0.2) is 0 Å². The fraction of sp³-hybridized carbons (Fsp3) is 0.273. The summed E-state index contributed by atoms with van der Waals surface area (Å²) in [5, 5.41) is 0. The summed E-state index contributed by atoms with van der Waals surface area (Å²) in [6, 6.07) is 39.7. The Morgan fingerprint density at radius 2 is 1.32 bits per heavy atom. The van der Waals surface area contributed by atoms with Crippen LogP contribution in [0.4, 0.5) is 0 Å². The number of benzene rings is 5. The maximum absolute atomic E-state index is 4.80. The van der Waals surface area contributed by atoms with Crippen LogP contribution in [0, 0.1) is 5.41 Å². The van der Waals surface area contributed by atoms with E-state index in [1.807, 2.05) is 0 Å². The maximum atomic E-state index is 4.80. The first-order valence-corrected chi connectivity index (χ1v) is 16.6. The van der Waals surface area contributed by atoms with Gasteiger partial charge in [-0.05, 0) is 128 Å². The second-order valence-corrected chi connectivity index (χ2v) is 14.0. The molecule has 0 heteroatoms. The lowest BCUT2D eigenvalue weighted by Gasteiger charge is -2.38. The number of allylic oxidation sites excluding steroid dienone is 1. The smallest absolute Gasteiger partial charge is 0.0158 e. The van der Waals surface area contributed by atoms with Gasteiger partial charge in [-0.15, -0.1) is 0 Å². The topological polar surface area (TPSA) is 0 Å². The summed E-state index contributed by atoms with van der Waals surface area (Å²) in [6.45, 7) is 14.3. The summed E-state index contributed by atoms with van der Waals surface area (Å²) in [5.74, 6) is 0.307. The Hall–Kier alpha value is -4.16. The third-order valence-electron chi connectivity index (χ3n) is 11.8. The second kappa shape index (κ2) is 9.93. The summed E-state index contributed by atoms with van der Waals surface area (Å²) >= 11 is 0. The van der Waals surface area contributed by atoms with Crippen molar-refractivity contribution in [3.05, 3.63) is 149 Å². The van der Waals surface area contributed by atoms with Crippen LogP contribution in [0.3, 0.4) is 0 Å². The van der Waals surface area contributed by atoms with Gasteiger partial charge in [-0.1, -0.05) is 125 Å². The van der Waals surface area contributed by atoms with Crippen molar-refractivity contribution in [1.29, 1.82) is 0 Å². The predicted molar refractivity (Wildman–Crippen MR) is 187 cm³/mol. The maximum Gasteiger partial charge on any atom is 0.0158 e. The molecular weight excluding hydrogens is 528 g/mol. The second-order valence-electron chi connectivity index (χ2n) is 14.0. The first-order valence-electron chi connectivity index (χ1n) is 16.6. The van der Waals surface area contributed by atoms with Gasteiger partial charge in [-0.25, -0.2) is 0 Å². The third-order valence-corrected chi connectivity index (χ3v) is 11.8. The summed E-state index contributed by atoms with van der Waals surface area (Å²) < 4.78 is 0. The van der Waals surface area contributed by atoms with Crippen molar-refractivity contribution < 1.29 is 0 Å². The van der Waals surface area contributed by atoms with Crippen LogP contribution >= 0.6 is 0 Å². The summed E-state index contributed by atoms with van der Waals surface area (Å²) in [7, 11) is 0. The molecular formula is C44H42. The number of hydrogen-bond acceptors (Lipinski definition) is 0. The van der Waals surface area contributed by atoms with Gasteiger partial charge in [0.1, 0.15) is 0 Å². The van der Waals surface area contributed by atoms with E-state index in [1.165, 1.54) is 77.9 Å². The number of aryl methyl sites for hydroxylation is 1. The standard InChI is InChI=1S/C44H42/c1-6-44(7-2)23-22-29-14-8-9-15-33(29)39-24-30(20-21-32(39)28(44)3)37-25-31-26-42-40(27-38(31)35-17-11-10-16-34(35)37)36-18-12-13-19-41(36)43(42,4)5/h8-21,24,26-27,37H,3,6-7,22-23,25H2,1-2,4-5H3. The molecule has 0 radical (unpaired) electrons. The van der Waals surface area contributed by atoms with Crippen LogP contribution in [-0.2, 0) is 18.3 Å². The highest BCUT2D eigenvalue weighted by Gasteiger charge is 2.38. The van der Waals surface area contributed by atoms with E-state index in [2.05, 4.69) is 131 Å². The monoisotopic (exact) mass is 570 g/mol. The minimum Gasteiger partial charge on any atom is -0.0946 e. The highest BCUT2D eigenvalue weighted by molar-refractivity contribution is 5.89. The van der Waals surface area contributed by atoms with Crippen molar-refractivity contribution in [2.24, 2.45) is 5.41 Å². The van der Waals surface area contributed by atoms with Crippen molar-refractivity contribution in [3.63, 3.8) is 0 Å². The molecule has 3 aliphatic rings. The Kier molecular flexibility index (Phi) is 6.18. The van der Waals surface area contributed by atoms with Crippen LogP contribution in [0.5, 0.6) is 0 Å². The van der Waals surface area contributed by atoms with Gasteiger partial charge in [0.05, 0.1) is 0 Å². The molecule has 0 bridgehead atoms. The largest absolute Gasteiger partial charge is 0.0946 e. The lowest BCUT2D eigenvalue weighted by atomic mass is 9.66. The molecule has 0 heterocycles. The molecule has 218 valence electrons. The van der Waals surface area contributed by atoms with Crippen molar-refractivity contribution >= 4 is 5.57 Å². The fourth-order valence-corrected chi connectivity index (χ4v) is 8.99. The van der Waals surface area contributed by atoms with Crippen LogP contribution < -0.4 is 0 Å². The Morgan fingerprint density at radius 3 is 2.11 bits per heavy atom. The van der Waals surface area contributed by atoms with Gasteiger partial charge in [0, 0.05) is 11.3 Å². The van der Waals surface area contributed by atoms with Gasteiger partial charge >= 0.3 is 0 Å². The molecule has 5 aromatic carbocycles. The molecule has 1 atom stereocenters. The van der Waals surface area contributed by atoms with Gasteiger partial charge in [0.25, 0.3) is 0 Å². The molecule has 0 spiro atoms.